The smallest absolute Gasteiger partial charge is 0.0939 e. The van der Waals surface area contributed by atoms with E-state index in [0.717, 1.165) is 51.0 Å². The number of nitrogens with zero attached hydrogens (tertiary/aromatic N) is 3. The topological polar surface area (TPSA) is 41.3 Å². The fourth-order valence-corrected chi connectivity index (χ4v) is 2.78. The van der Waals surface area contributed by atoms with Gasteiger partial charge in [0.15, 0.2) is 0 Å². The predicted molar refractivity (Wildman–Crippen MR) is 72.4 cm³/mol. The van der Waals surface area contributed by atoms with Crippen molar-refractivity contribution in [2.75, 3.05) is 19.6 Å². The van der Waals surface area contributed by atoms with Gasteiger partial charge in [-0.2, -0.15) is 5.10 Å². The van der Waals surface area contributed by atoms with E-state index in [2.05, 4.69) is 23.8 Å². The first kappa shape index (κ1) is 13.6. The summed E-state index contributed by atoms with van der Waals surface area (Å²) in [6, 6.07) is 0. The zero-order valence-corrected chi connectivity index (χ0v) is 11.6. The molecule has 2 heterocycles. The van der Waals surface area contributed by atoms with Gasteiger partial charge in [-0.1, -0.05) is 6.92 Å². The first-order valence-corrected chi connectivity index (χ1v) is 7.15. The van der Waals surface area contributed by atoms with Crippen molar-refractivity contribution in [1.29, 1.82) is 0 Å². The molecule has 1 atom stereocenters. The Kier molecular flexibility index (Phi) is 4.40. The molecule has 0 radical (unpaired) electrons. The summed E-state index contributed by atoms with van der Waals surface area (Å²) >= 11 is 0. The van der Waals surface area contributed by atoms with Crippen LogP contribution in [0.3, 0.4) is 0 Å². The first-order chi connectivity index (χ1) is 8.68. The van der Waals surface area contributed by atoms with Gasteiger partial charge in [0.25, 0.3) is 0 Å². The van der Waals surface area contributed by atoms with Crippen molar-refractivity contribution >= 4 is 0 Å². The Hall–Kier alpha value is -0.870. The molecule has 0 aliphatic carbocycles. The summed E-state index contributed by atoms with van der Waals surface area (Å²) in [4.78, 5) is 2.46. The number of aromatic nitrogens is 2. The molecule has 1 saturated heterocycles. The third-order valence-corrected chi connectivity index (χ3v) is 3.94. The minimum absolute atomic E-state index is 0.671. The van der Waals surface area contributed by atoms with Gasteiger partial charge in [-0.05, 0) is 45.7 Å². The van der Waals surface area contributed by atoms with Crippen LogP contribution in [0.5, 0.6) is 0 Å². The normalized spacial score (nSPS) is 26.2. The number of hydrogen-bond acceptors (Lipinski definition) is 3. The summed E-state index contributed by atoms with van der Waals surface area (Å²) in [7, 11) is 0. The summed E-state index contributed by atoms with van der Waals surface area (Å²) < 4.78 is 1.89. The lowest BCUT2D eigenvalue weighted by molar-refractivity contribution is 0.0211. The summed E-state index contributed by atoms with van der Waals surface area (Å²) in [6.07, 6.45) is 7.75. The van der Waals surface area contributed by atoms with Crippen molar-refractivity contribution in [3.63, 3.8) is 0 Å². The van der Waals surface area contributed by atoms with Crippen LogP contribution in [0.15, 0.2) is 12.4 Å². The van der Waals surface area contributed by atoms with Gasteiger partial charge in [0, 0.05) is 24.8 Å². The Morgan fingerprint density at radius 2 is 2.17 bits per heavy atom. The van der Waals surface area contributed by atoms with Gasteiger partial charge in [-0.15, -0.1) is 0 Å². The number of likely N-dealkylation sites (tertiary alicyclic amines) is 1. The van der Waals surface area contributed by atoms with Crippen molar-refractivity contribution < 1.29 is 5.11 Å². The van der Waals surface area contributed by atoms with Crippen molar-refractivity contribution in [2.24, 2.45) is 0 Å². The van der Waals surface area contributed by atoms with Gasteiger partial charge < -0.3 is 10.0 Å². The van der Waals surface area contributed by atoms with Gasteiger partial charge in [0.2, 0.25) is 0 Å². The minimum atomic E-state index is -0.671. The van der Waals surface area contributed by atoms with Crippen LogP contribution in [0.1, 0.15) is 45.1 Å². The largest absolute Gasteiger partial charge is 0.385 e. The van der Waals surface area contributed by atoms with E-state index in [1.807, 2.05) is 17.1 Å². The highest BCUT2D eigenvalue weighted by atomic mass is 16.3. The Labute approximate surface area is 110 Å². The second-order valence-electron chi connectivity index (χ2n) is 5.31. The van der Waals surface area contributed by atoms with Gasteiger partial charge >= 0.3 is 0 Å². The highest BCUT2D eigenvalue weighted by Crippen LogP contribution is 2.32. The van der Waals surface area contributed by atoms with E-state index in [4.69, 9.17) is 0 Å². The van der Waals surface area contributed by atoms with E-state index in [-0.39, 0.29) is 0 Å². The Morgan fingerprint density at radius 1 is 1.33 bits per heavy atom. The summed E-state index contributed by atoms with van der Waals surface area (Å²) in [6.45, 7) is 8.38. The zero-order chi connectivity index (χ0) is 13.0. The Morgan fingerprint density at radius 3 is 2.83 bits per heavy atom. The monoisotopic (exact) mass is 251 g/mol. The van der Waals surface area contributed by atoms with Crippen molar-refractivity contribution in [3.05, 3.63) is 18.0 Å². The van der Waals surface area contributed by atoms with E-state index in [1.165, 1.54) is 6.42 Å². The molecular formula is C14H25N3O. The van der Waals surface area contributed by atoms with Gasteiger partial charge in [0.1, 0.15) is 0 Å². The van der Waals surface area contributed by atoms with Crippen LogP contribution in [0, 0.1) is 0 Å². The molecule has 0 aromatic carbocycles. The molecular weight excluding hydrogens is 226 g/mol. The maximum Gasteiger partial charge on any atom is 0.0939 e. The molecule has 0 bridgehead atoms. The van der Waals surface area contributed by atoms with Crippen molar-refractivity contribution in [2.45, 2.75) is 51.7 Å². The average molecular weight is 251 g/mol. The molecule has 1 N–H and O–H groups in total. The molecule has 0 saturated carbocycles. The quantitative estimate of drug-likeness (QED) is 0.889. The van der Waals surface area contributed by atoms with E-state index in [9.17, 15) is 5.11 Å². The molecule has 4 nitrogen and oxygen atoms in total. The van der Waals surface area contributed by atoms with E-state index >= 15 is 0 Å². The second kappa shape index (κ2) is 5.85. The van der Waals surface area contributed by atoms with Crippen LogP contribution in [-0.4, -0.2) is 39.4 Å². The maximum atomic E-state index is 10.8. The molecule has 1 fully saturated rings. The minimum Gasteiger partial charge on any atom is -0.385 e. The Bertz CT molecular complexity index is 377. The van der Waals surface area contributed by atoms with Crippen LogP contribution < -0.4 is 0 Å². The van der Waals surface area contributed by atoms with E-state index in [1.54, 1.807) is 0 Å². The summed E-state index contributed by atoms with van der Waals surface area (Å²) in [5, 5.41) is 15.1. The van der Waals surface area contributed by atoms with Crippen LogP contribution in [0.4, 0.5) is 0 Å². The molecule has 102 valence electrons. The van der Waals surface area contributed by atoms with Gasteiger partial charge in [0.05, 0.1) is 11.8 Å². The molecule has 1 aliphatic heterocycles. The predicted octanol–water partition coefficient (Wildman–Crippen LogP) is 1.99. The van der Waals surface area contributed by atoms with E-state index in [0.29, 0.717) is 0 Å². The molecule has 4 heteroatoms. The molecule has 0 spiro atoms. The molecule has 0 amide bonds. The second-order valence-corrected chi connectivity index (χ2v) is 5.31. The van der Waals surface area contributed by atoms with Crippen molar-refractivity contribution in [3.8, 4) is 0 Å². The molecule has 1 unspecified atom stereocenters. The van der Waals surface area contributed by atoms with Gasteiger partial charge in [-0.25, -0.2) is 0 Å². The fraction of sp³-hybridized carbons (Fsp3) is 0.786. The lowest BCUT2D eigenvalue weighted by Crippen LogP contribution is -2.29. The number of aryl methyl sites for hydroxylation is 1. The summed E-state index contributed by atoms with van der Waals surface area (Å²) in [5.74, 6) is 0. The molecule has 1 aliphatic rings. The number of rotatable bonds is 4. The lowest BCUT2D eigenvalue weighted by Gasteiger charge is -2.25. The zero-order valence-electron chi connectivity index (χ0n) is 11.6. The van der Waals surface area contributed by atoms with Crippen molar-refractivity contribution in [1.82, 2.24) is 14.7 Å². The fourth-order valence-electron chi connectivity index (χ4n) is 2.78. The Balaban J connectivity index is 2.06. The van der Waals surface area contributed by atoms with Crippen LogP contribution in [0.2, 0.25) is 0 Å². The molecule has 2 rings (SSSR count). The molecule has 1 aromatic heterocycles. The van der Waals surface area contributed by atoms with Crippen LogP contribution >= 0.6 is 0 Å². The SMILES string of the molecule is CCCN1CCCC(O)(c2cnn(CC)c2)CC1. The third kappa shape index (κ3) is 2.93. The maximum absolute atomic E-state index is 10.8. The number of aliphatic hydroxyl groups is 1. The molecule has 1 aromatic rings. The third-order valence-electron chi connectivity index (χ3n) is 3.94. The van der Waals surface area contributed by atoms with Gasteiger partial charge in [-0.3, -0.25) is 4.68 Å². The standard InChI is InChI=1S/C14H25N3O/c1-3-8-16-9-5-6-14(18,7-10-16)13-11-15-17(4-2)12-13/h11-12,18H,3-10H2,1-2H3. The van der Waals surface area contributed by atoms with E-state index < -0.39 is 5.60 Å². The number of hydrogen-bond donors (Lipinski definition) is 1. The lowest BCUT2D eigenvalue weighted by atomic mass is 9.89. The highest BCUT2D eigenvalue weighted by Gasteiger charge is 2.32. The van der Waals surface area contributed by atoms with Crippen LogP contribution in [-0.2, 0) is 12.1 Å². The average Bonchev–Trinajstić information content (AvgIpc) is 2.78. The van der Waals surface area contributed by atoms with Crippen LogP contribution in [0.25, 0.3) is 0 Å². The first-order valence-electron chi connectivity index (χ1n) is 7.15. The summed E-state index contributed by atoms with van der Waals surface area (Å²) in [5.41, 5.74) is 0.318. The highest BCUT2D eigenvalue weighted by molar-refractivity contribution is 5.15. The molecule has 18 heavy (non-hydrogen) atoms.